The summed E-state index contributed by atoms with van der Waals surface area (Å²) in [6, 6.07) is 11.6. The molecule has 138 valence electrons. The predicted molar refractivity (Wildman–Crippen MR) is 106 cm³/mol. The van der Waals surface area contributed by atoms with Crippen molar-refractivity contribution in [1.29, 1.82) is 0 Å². The molecule has 0 saturated carbocycles. The van der Waals surface area contributed by atoms with Crippen molar-refractivity contribution in [2.75, 3.05) is 11.9 Å². The number of ether oxygens (including phenoxy) is 1. The second-order valence-corrected chi connectivity index (χ2v) is 7.18. The molecule has 0 atom stereocenters. The molecule has 0 aromatic heterocycles. The van der Waals surface area contributed by atoms with Crippen LogP contribution in [0.2, 0.25) is 10.0 Å². The standard InChI is InChI=1S/C18H12Cl2N2O4S/c19-12-6-5-11(8-13(12)20)21-16(23)9-26-14-4-2-1-3-10(14)7-15-17(24)22-18(25)27-15/h1-8H,9H2,(H,21,23)(H,22,24,25)/b15-7-. The molecule has 1 fully saturated rings. The van der Waals surface area contributed by atoms with Crippen LogP contribution in [0.5, 0.6) is 5.75 Å². The van der Waals surface area contributed by atoms with Crippen molar-refractivity contribution in [2.45, 2.75) is 0 Å². The molecule has 6 nitrogen and oxygen atoms in total. The number of hydrogen-bond donors (Lipinski definition) is 2. The van der Waals surface area contributed by atoms with Gasteiger partial charge in [0.15, 0.2) is 6.61 Å². The van der Waals surface area contributed by atoms with Gasteiger partial charge < -0.3 is 10.1 Å². The maximum Gasteiger partial charge on any atom is 0.290 e. The minimum Gasteiger partial charge on any atom is -0.483 e. The number of halogens is 2. The summed E-state index contributed by atoms with van der Waals surface area (Å²) in [6.07, 6.45) is 1.54. The number of para-hydroxylation sites is 1. The number of benzene rings is 2. The summed E-state index contributed by atoms with van der Waals surface area (Å²) in [5, 5.41) is 5.13. The summed E-state index contributed by atoms with van der Waals surface area (Å²) in [5.41, 5.74) is 1.07. The van der Waals surface area contributed by atoms with E-state index in [0.717, 1.165) is 11.8 Å². The van der Waals surface area contributed by atoms with E-state index in [0.29, 0.717) is 27.0 Å². The Morgan fingerprint density at radius 1 is 1.15 bits per heavy atom. The van der Waals surface area contributed by atoms with E-state index in [1.54, 1.807) is 36.4 Å². The predicted octanol–water partition coefficient (Wildman–Crippen LogP) is 4.33. The molecule has 0 spiro atoms. The number of thioether (sulfide) groups is 1. The first-order valence-electron chi connectivity index (χ1n) is 7.64. The van der Waals surface area contributed by atoms with Gasteiger partial charge >= 0.3 is 0 Å². The van der Waals surface area contributed by atoms with E-state index in [9.17, 15) is 14.4 Å². The average molecular weight is 423 g/mol. The molecule has 3 amide bonds. The quantitative estimate of drug-likeness (QED) is 0.700. The molecule has 1 saturated heterocycles. The molecule has 0 unspecified atom stereocenters. The van der Waals surface area contributed by atoms with Crippen LogP contribution in [0.4, 0.5) is 10.5 Å². The fourth-order valence-electron chi connectivity index (χ4n) is 2.21. The number of rotatable bonds is 5. The molecule has 2 aromatic carbocycles. The van der Waals surface area contributed by atoms with Crippen LogP contribution in [0, 0.1) is 0 Å². The van der Waals surface area contributed by atoms with Crippen LogP contribution in [-0.2, 0) is 9.59 Å². The van der Waals surface area contributed by atoms with Crippen LogP contribution in [-0.4, -0.2) is 23.7 Å². The zero-order chi connectivity index (χ0) is 19.4. The third kappa shape index (κ3) is 5.03. The van der Waals surface area contributed by atoms with Gasteiger partial charge in [-0.1, -0.05) is 41.4 Å². The Balaban J connectivity index is 1.67. The van der Waals surface area contributed by atoms with Crippen LogP contribution in [0.3, 0.4) is 0 Å². The lowest BCUT2D eigenvalue weighted by Crippen LogP contribution is -2.20. The van der Waals surface area contributed by atoms with Gasteiger partial charge in [0, 0.05) is 11.3 Å². The molecule has 1 aliphatic rings. The van der Waals surface area contributed by atoms with Crippen molar-refractivity contribution < 1.29 is 19.1 Å². The summed E-state index contributed by atoms with van der Waals surface area (Å²) in [6.45, 7) is -0.251. The Labute approximate surface area is 168 Å². The van der Waals surface area contributed by atoms with Gasteiger partial charge in [-0.2, -0.15) is 0 Å². The average Bonchev–Trinajstić information content (AvgIpc) is 2.94. The number of anilines is 1. The SMILES string of the molecule is O=C(COc1ccccc1/C=C1\SC(=O)NC1=O)Nc1ccc(Cl)c(Cl)c1. The lowest BCUT2D eigenvalue weighted by atomic mass is 10.2. The van der Waals surface area contributed by atoms with E-state index >= 15 is 0 Å². The van der Waals surface area contributed by atoms with Crippen LogP contribution in [0.25, 0.3) is 6.08 Å². The summed E-state index contributed by atoms with van der Waals surface area (Å²) in [7, 11) is 0. The largest absolute Gasteiger partial charge is 0.483 e. The van der Waals surface area contributed by atoms with Crippen molar-refractivity contribution in [2.24, 2.45) is 0 Å². The molecule has 27 heavy (non-hydrogen) atoms. The third-order valence-corrected chi connectivity index (χ3v) is 4.96. The summed E-state index contributed by atoms with van der Waals surface area (Å²) < 4.78 is 5.56. The summed E-state index contributed by atoms with van der Waals surface area (Å²) >= 11 is 12.6. The minimum absolute atomic E-state index is 0.251. The van der Waals surface area contributed by atoms with Crippen molar-refractivity contribution in [3.8, 4) is 5.75 Å². The second kappa shape index (κ2) is 8.47. The summed E-state index contributed by atoms with van der Waals surface area (Å²) in [5.74, 6) is -0.446. The van der Waals surface area contributed by atoms with E-state index in [4.69, 9.17) is 27.9 Å². The maximum absolute atomic E-state index is 12.1. The van der Waals surface area contributed by atoms with Gasteiger partial charge in [0.25, 0.3) is 17.1 Å². The van der Waals surface area contributed by atoms with E-state index in [1.165, 1.54) is 12.1 Å². The van der Waals surface area contributed by atoms with Crippen molar-refractivity contribution in [1.82, 2.24) is 5.32 Å². The molecule has 2 N–H and O–H groups in total. The van der Waals surface area contributed by atoms with Gasteiger partial charge in [-0.25, -0.2) is 0 Å². The molecule has 9 heteroatoms. The minimum atomic E-state index is -0.461. The van der Waals surface area contributed by atoms with Crippen molar-refractivity contribution in [3.05, 3.63) is 63.0 Å². The molecule has 0 bridgehead atoms. The van der Waals surface area contributed by atoms with Gasteiger partial charge in [-0.3, -0.25) is 19.7 Å². The Morgan fingerprint density at radius 3 is 2.63 bits per heavy atom. The number of nitrogens with one attached hydrogen (secondary N) is 2. The Kier molecular flexibility index (Phi) is 6.05. The number of amides is 3. The van der Waals surface area contributed by atoms with E-state index in [2.05, 4.69) is 10.6 Å². The number of hydrogen-bond acceptors (Lipinski definition) is 5. The Morgan fingerprint density at radius 2 is 1.93 bits per heavy atom. The highest BCUT2D eigenvalue weighted by Gasteiger charge is 2.25. The molecule has 3 rings (SSSR count). The maximum atomic E-state index is 12.1. The first-order chi connectivity index (χ1) is 12.9. The smallest absolute Gasteiger partial charge is 0.290 e. The summed E-state index contributed by atoms with van der Waals surface area (Å²) in [4.78, 5) is 35.3. The Bertz CT molecular complexity index is 962. The van der Waals surface area contributed by atoms with E-state index < -0.39 is 11.1 Å². The molecule has 2 aromatic rings. The molecule has 0 radical (unpaired) electrons. The van der Waals surface area contributed by atoms with Gasteiger partial charge in [0.1, 0.15) is 5.75 Å². The van der Waals surface area contributed by atoms with E-state index in [-0.39, 0.29) is 17.4 Å². The lowest BCUT2D eigenvalue weighted by molar-refractivity contribution is -0.118. The van der Waals surface area contributed by atoms with Crippen LogP contribution >= 0.6 is 35.0 Å². The first kappa shape index (κ1) is 19.3. The van der Waals surface area contributed by atoms with E-state index in [1.807, 2.05) is 0 Å². The van der Waals surface area contributed by atoms with Gasteiger partial charge in [-0.05, 0) is 42.1 Å². The number of carbonyl (C=O) groups is 3. The van der Waals surface area contributed by atoms with Crippen LogP contribution in [0.1, 0.15) is 5.56 Å². The monoisotopic (exact) mass is 422 g/mol. The zero-order valence-corrected chi connectivity index (χ0v) is 16.0. The van der Waals surface area contributed by atoms with Crippen LogP contribution < -0.4 is 15.4 Å². The fourth-order valence-corrected chi connectivity index (χ4v) is 3.18. The highest BCUT2D eigenvalue weighted by molar-refractivity contribution is 8.18. The Hall–Kier alpha value is -2.48. The molecular formula is C18H12Cl2N2O4S. The molecular weight excluding hydrogens is 411 g/mol. The normalized spacial score (nSPS) is 15.0. The lowest BCUT2D eigenvalue weighted by Gasteiger charge is -2.10. The molecule has 1 aliphatic heterocycles. The third-order valence-electron chi connectivity index (χ3n) is 3.41. The van der Waals surface area contributed by atoms with Crippen molar-refractivity contribution >= 4 is 63.8 Å². The van der Waals surface area contributed by atoms with Gasteiger partial charge in [-0.15, -0.1) is 0 Å². The topological polar surface area (TPSA) is 84.5 Å². The number of carbonyl (C=O) groups excluding carboxylic acids is 3. The van der Waals surface area contributed by atoms with Crippen LogP contribution in [0.15, 0.2) is 47.4 Å². The fraction of sp³-hybridized carbons (Fsp3) is 0.0556. The first-order valence-corrected chi connectivity index (χ1v) is 9.21. The van der Waals surface area contributed by atoms with Gasteiger partial charge in [0.2, 0.25) is 0 Å². The second-order valence-electron chi connectivity index (χ2n) is 5.36. The van der Waals surface area contributed by atoms with Gasteiger partial charge in [0.05, 0.1) is 15.0 Å². The van der Waals surface area contributed by atoms with Crippen molar-refractivity contribution in [3.63, 3.8) is 0 Å². The highest BCUT2D eigenvalue weighted by Crippen LogP contribution is 2.29. The highest BCUT2D eigenvalue weighted by atomic mass is 35.5. The number of imide groups is 1. The zero-order valence-electron chi connectivity index (χ0n) is 13.6. The molecule has 0 aliphatic carbocycles. The molecule has 1 heterocycles.